The van der Waals surface area contributed by atoms with Crippen LogP contribution < -0.4 is 0 Å². The Kier molecular flexibility index (Phi) is 13.7. The molecule has 0 radical (unpaired) electrons. The highest BCUT2D eigenvalue weighted by Crippen LogP contribution is 2.29. The van der Waals surface area contributed by atoms with E-state index in [1.165, 1.54) is 64.8 Å². The molecular weight excluding hydrogens is 419 g/mol. The molecule has 0 unspecified atom stereocenters. The van der Waals surface area contributed by atoms with Gasteiger partial charge in [0.25, 0.3) is 5.91 Å². The van der Waals surface area contributed by atoms with Gasteiger partial charge in [0.05, 0.1) is 12.2 Å². The van der Waals surface area contributed by atoms with Gasteiger partial charge in [-0.15, -0.1) is 0 Å². The van der Waals surface area contributed by atoms with Gasteiger partial charge >= 0.3 is 12.1 Å². The molecule has 182 valence electrons. The third-order valence-corrected chi connectivity index (χ3v) is 5.43. The van der Waals surface area contributed by atoms with Gasteiger partial charge in [0.2, 0.25) is 0 Å². The lowest BCUT2D eigenvalue weighted by molar-refractivity contribution is -0.144. The smallest absolute Gasteiger partial charge is 0.416 e. The standard InChI is InChI=1S/C25H38F3NO3/c1-3-4-5-6-7-8-9-10-11-12-13-14-19-32-23(30)20-29(2)24(31)21-15-17-22(18-16-21)25(26,27)28/h15-18H,3-14,19-20H2,1-2H3. The largest absolute Gasteiger partial charge is 0.464 e. The van der Waals surface area contributed by atoms with E-state index >= 15 is 0 Å². The third kappa shape index (κ3) is 12.1. The van der Waals surface area contributed by atoms with Crippen molar-refractivity contribution in [1.82, 2.24) is 4.90 Å². The zero-order valence-corrected chi connectivity index (χ0v) is 19.5. The van der Waals surface area contributed by atoms with Gasteiger partial charge in [-0.1, -0.05) is 77.6 Å². The highest BCUT2D eigenvalue weighted by molar-refractivity contribution is 5.95. The zero-order valence-electron chi connectivity index (χ0n) is 19.5. The molecule has 0 aliphatic heterocycles. The Morgan fingerprint density at radius 2 is 1.28 bits per heavy atom. The van der Waals surface area contributed by atoms with Crippen molar-refractivity contribution in [1.29, 1.82) is 0 Å². The normalized spacial score (nSPS) is 11.4. The highest BCUT2D eigenvalue weighted by Gasteiger charge is 2.30. The first-order valence-corrected chi connectivity index (χ1v) is 11.8. The topological polar surface area (TPSA) is 46.6 Å². The van der Waals surface area contributed by atoms with E-state index in [0.29, 0.717) is 6.61 Å². The van der Waals surface area contributed by atoms with E-state index in [9.17, 15) is 22.8 Å². The Bertz CT molecular complexity index is 659. The average Bonchev–Trinajstić information content (AvgIpc) is 2.75. The summed E-state index contributed by atoms with van der Waals surface area (Å²) < 4.78 is 43.0. The number of alkyl halides is 3. The number of unbranched alkanes of at least 4 members (excludes halogenated alkanes) is 11. The van der Waals surface area contributed by atoms with Crippen molar-refractivity contribution >= 4 is 11.9 Å². The second kappa shape index (κ2) is 15.7. The van der Waals surface area contributed by atoms with Crippen LogP contribution in [0.3, 0.4) is 0 Å². The molecule has 0 saturated carbocycles. The van der Waals surface area contributed by atoms with Crippen LogP contribution in [-0.2, 0) is 15.7 Å². The quantitative estimate of drug-likeness (QED) is 0.198. The van der Waals surface area contributed by atoms with Crippen LogP contribution in [0.15, 0.2) is 24.3 Å². The Morgan fingerprint density at radius 1 is 0.812 bits per heavy atom. The summed E-state index contributed by atoms with van der Waals surface area (Å²) in [5, 5.41) is 0. The van der Waals surface area contributed by atoms with Crippen molar-refractivity contribution in [3.63, 3.8) is 0 Å². The van der Waals surface area contributed by atoms with E-state index in [2.05, 4.69) is 6.92 Å². The predicted octanol–water partition coefficient (Wildman–Crippen LogP) is 7.02. The number of likely N-dealkylation sites (N-methyl/N-ethyl adjacent to an activating group) is 1. The Balaban J connectivity index is 2.09. The molecule has 7 heteroatoms. The molecule has 0 aliphatic rings. The Hall–Kier alpha value is -2.05. The molecule has 1 amide bonds. The monoisotopic (exact) mass is 457 g/mol. The second-order valence-corrected chi connectivity index (χ2v) is 8.35. The molecule has 0 saturated heterocycles. The van der Waals surface area contributed by atoms with E-state index in [1.54, 1.807) is 0 Å². The molecule has 0 heterocycles. The maximum Gasteiger partial charge on any atom is 0.416 e. The van der Waals surface area contributed by atoms with Gasteiger partial charge in [0, 0.05) is 12.6 Å². The van der Waals surface area contributed by atoms with E-state index in [1.807, 2.05) is 0 Å². The molecule has 32 heavy (non-hydrogen) atoms. The van der Waals surface area contributed by atoms with Crippen LogP contribution in [-0.4, -0.2) is 37.0 Å². The van der Waals surface area contributed by atoms with Crippen LogP contribution in [0.2, 0.25) is 0 Å². The number of benzene rings is 1. The summed E-state index contributed by atoms with van der Waals surface area (Å²) in [6.07, 6.45) is 10.2. The maximum atomic E-state index is 12.6. The van der Waals surface area contributed by atoms with Gasteiger partial charge in [-0.2, -0.15) is 13.2 Å². The van der Waals surface area contributed by atoms with Crippen molar-refractivity contribution in [2.75, 3.05) is 20.2 Å². The van der Waals surface area contributed by atoms with Crippen molar-refractivity contribution in [3.8, 4) is 0 Å². The summed E-state index contributed by atoms with van der Waals surface area (Å²) in [6, 6.07) is 3.93. The minimum absolute atomic E-state index is 0.0919. The third-order valence-electron chi connectivity index (χ3n) is 5.43. The van der Waals surface area contributed by atoms with Gasteiger partial charge < -0.3 is 9.64 Å². The lowest BCUT2D eigenvalue weighted by Crippen LogP contribution is -2.33. The lowest BCUT2D eigenvalue weighted by atomic mass is 10.1. The molecule has 1 rings (SSSR count). The SMILES string of the molecule is CCCCCCCCCCCCCCOC(=O)CN(C)C(=O)c1ccc(C(F)(F)F)cc1. The molecule has 0 aromatic heterocycles. The van der Waals surface area contributed by atoms with Crippen molar-refractivity contribution in [3.05, 3.63) is 35.4 Å². The summed E-state index contributed by atoms with van der Waals surface area (Å²) in [6.45, 7) is 2.31. The van der Waals surface area contributed by atoms with Crippen LogP contribution in [0.25, 0.3) is 0 Å². The van der Waals surface area contributed by atoms with Gasteiger partial charge in [0.1, 0.15) is 6.54 Å². The lowest BCUT2D eigenvalue weighted by Gasteiger charge is -2.17. The van der Waals surface area contributed by atoms with Gasteiger partial charge in [0.15, 0.2) is 0 Å². The van der Waals surface area contributed by atoms with Crippen molar-refractivity contribution in [2.24, 2.45) is 0 Å². The Labute approximate surface area is 190 Å². The second-order valence-electron chi connectivity index (χ2n) is 8.35. The van der Waals surface area contributed by atoms with E-state index < -0.39 is 23.6 Å². The van der Waals surface area contributed by atoms with Gasteiger partial charge in [-0.05, 0) is 30.7 Å². The number of hydrogen-bond acceptors (Lipinski definition) is 3. The van der Waals surface area contributed by atoms with E-state index in [4.69, 9.17) is 4.74 Å². The number of rotatable bonds is 16. The molecule has 0 fully saturated rings. The van der Waals surface area contributed by atoms with Crippen LogP contribution in [0, 0.1) is 0 Å². The molecule has 0 atom stereocenters. The number of carbonyl (C=O) groups is 2. The van der Waals surface area contributed by atoms with Crippen LogP contribution in [0.5, 0.6) is 0 Å². The molecular formula is C25H38F3NO3. The molecule has 0 bridgehead atoms. The Morgan fingerprint density at radius 3 is 1.75 bits per heavy atom. The first-order chi connectivity index (χ1) is 15.3. The average molecular weight is 458 g/mol. The van der Waals surface area contributed by atoms with Crippen LogP contribution in [0.4, 0.5) is 13.2 Å². The first kappa shape index (κ1) is 28.0. The predicted molar refractivity (Wildman–Crippen MR) is 120 cm³/mol. The summed E-state index contributed by atoms with van der Waals surface area (Å²) in [5.74, 6) is -1.04. The number of hydrogen-bond donors (Lipinski definition) is 0. The number of ether oxygens (including phenoxy) is 1. The van der Waals surface area contributed by atoms with E-state index in [0.717, 1.165) is 48.4 Å². The number of amides is 1. The van der Waals surface area contributed by atoms with Crippen molar-refractivity contribution < 1.29 is 27.5 Å². The maximum absolute atomic E-state index is 12.6. The number of halogens is 3. The zero-order chi connectivity index (χ0) is 23.8. The molecule has 0 aliphatic carbocycles. The number of nitrogens with zero attached hydrogens (tertiary/aromatic N) is 1. The molecule has 0 spiro atoms. The molecule has 1 aromatic carbocycles. The fourth-order valence-corrected chi connectivity index (χ4v) is 3.46. The molecule has 0 N–H and O–H groups in total. The summed E-state index contributed by atoms with van der Waals surface area (Å²) in [7, 11) is 1.42. The molecule has 1 aromatic rings. The summed E-state index contributed by atoms with van der Waals surface area (Å²) in [4.78, 5) is 25.3. The summed E-state index contributed by atoms with van der Waals surface area (Å²) in [5.41, 5.74) is -0.729. The fourth-order valence-electron chi connectivity index (χ4n) is 3.46. The van der Waals surface area contributed by atoms with Crippen LogP contribution >= 0.6 is 0 Å². The number of carbonyl (C=O) groups excluding carboxylic acids is 2. The van der Waals surface area contributed by atoms with Crippen LogP contribution in [0.1, 0.15) is 99.9 Å². The van der Waals surface area contributed by atoms with Crippen molar-refractivity contribution in [2.45, 2.75) is 90.1 Å². The highest BCUT2D eigenvalue weighted by atomic mass is 19.4. The van der Waals surface area contributed by atoms with Gasteiger partial charge in [-0.25, -0.2) is 0 Å². The van der Waals surface area contributed by atoms with E-state index in [-0.39, 0.29) is 12.1 Å². The molecule has 4 nitrogen and oxygen atoms in total. The fraction of sp³-hybridized carbons (Fsp3) is 0.680. The number of esters is 1. The first-order valence-electron chi connectivity index (χ1n) is 11.8. The minimum Gasteiger partial charge on any atom is -0.464 e. The minimum atomic E-state index is -4.45. The summed E-state index contributed by atoms with van der Waals surface area (Å²) >= 11 is 0. The van der Waals surface area contributed by atoms with Gasteiger partial charge in [-0.3, -0.25) is 9.59 Å².